The van der Waals surface area contributed by atoms with Crippen LogP contribution in [0.5, 0.6) is 0 Å². The van der Waals surface area contributed by atoms with Crippen LogP contribution in [0.25, 0.3) is 10.9 Å². The van der Waals surface area contributed by atoms with Crippen molar-refractivity contribution in [1.82, 2.24) is 9.47 Å². The number of sulfone groups is 1. The number of pyridine rings is 1. The van der Waals surface area contributed by atoms with E-state index in [4.69, 9.17) is 0 Å². The zero-order valence-corrected chi connectivity index (χ0v) is 17.7. The minimum absolute atomic E-state index is 0. The quantitative estimate of drug-likeness (QED) is 0.743. The Morgan fingerprint density at radius 3 is 2.23 bits per heavy atom. The van der Waals surface area contributed by atoms with Crippen LogP contribution in [0.1, 0.15) is 33.1 Å². The van der Waals surface area contributed by atoms with E-state index in [1.165, 1.54) is 4.57 Å². The number of rotatable bonds is 3. The molecule has 1 aromatic carbocycles. The number of fused-ring (bicyclic) bond motifs is 1. The van der Waals surface area contributed by atoms with Crippen LogP contribution >= 0.6 is 0 Å². The van der Waals surface area contributed by atoms with Crippen molar-refractivity contribution in [3.05, 3.63) is 34.6 Å². The van der Waals surface area contributed by atoms with Gasteiger partial charge >= 0.3 is 0 Å². The number of hydrogen-bond donors (Lipinski definition) is 0. The summed E-state index contributed by atoms with van der Waals surface area (Å²) in [5, 5.41) is 0.741. The molecule has 1 saturated carbocycles. The number of hydrogen-bond acceptors (Lipinski definition) is 5. The second kappa shape index (κ2) is 8.41. The van der Waals surface area contributed by atoms with Gasteiger partial charge in [-0.1, -0.05) is 38.5 Å². The molecule has 2 aliphatic rings. The van der Waals surface area contributed by atoms with E-state index < -0.39 is 15.4 Å². The first-order chi connectivity index (χ1) is 13.8. The molecule has 1 aliphatic carbocycles. The van der Waals surface area contributed by atoms with Crippen LogP contribution in [-0.4, -0.2) is 56.2 Å². The summed E-state index contributed by atoms with van der Waals surface area (Å²) in [7, 11) is -2.13. The average Bonchev–Trinajstić information content (AvgIpc) is 3.24. The lowest BCUT2D eigenvalue weighted by atomic mass is 10.1. The highest BCUT2D eigenvalue weighted by Gasteiger charge is 2.32. The number of piperazine rings is 1. The maximum atomic E-state index is 12.9. The van der Waals surface area contributed by atoms with Gasteiger partial charge in [0, 0.05) is 50.8 Å². The van der Waals surface area contributed by atoms with Gasteiger partial charge in [0.25, 0.3) is 5.56 Å². The first-order valence-electron chi connectivity index (χ1n) is 10.1. The van der Waals surface area contributed by atoms with Gasteiger partial charge in [0.2, 0.25) is 5.91 Å². The van der Waals surface area contributed by atoms with E-state index in [2.05, 4.69) is 0 Å². The van der Waals surface area contributed by atoms with Crippen LogP contribution in [0.4, 0.5) is 5.69 Å². The predicted octanol–water partition coefficient (Wildman–Crippen LogP) is 2.42. The molecule has 164 valence electrons. The lowest BCUT2D eigenvalue weighted by molar-refractivity contribution is -0.135. The molecule has 8 heteroatoms. The molecule has 0 atom stereocenters. The smallest absolute Gasteiger partial charge is 0.271 e. The van der Waals surface area contributed by atoms with Crippen molar-refractivity contribution in [2.75, 3.05) is 37.3 Å². The summed E-state index contributed by atoms with van der Waals surface area (Å²) in [5.74, 6) is 0.359. The molecule has 1 aliphatic heterocycles. The van der Waals surface area contributed by atoms with Crippen molar-refractivity contribution >= 4 is 32.3 Å². The van der Waals surface area contributed by atoms with Gasteiger partial charge in [0.1, 0.15) is 0 Å². The number of amides is 1. The van der Waals surface area contributed by atoms with Gasteiger partial charge in [0.15, 0.2) is 14.7 Å². The molecule has 2 fully saturated rings. The van der Waals surface area contributed by atoms with Crippen LogP contribution in [0.3, 0.4) is 0 Å². The second-order valence-electron chi connectivity index (χ2n) is 8.12. The Labute approximate surface area is 178 Å². The molecule has 1 aromatic heterocycles. The molecule has 2 aromatic rings. The van der Waals surface area contributed by atoms with E-state index in [1.807, 2.05) is 34.1 Å². The van der Waals surface area contributed by atoms with Crippen LogP contribution < -0.4 is 10.5 Å². The summed E-state index contributed by atoms with van der Waals surface area (Å²) in [6.45, 7) is 2.11. The third-order valence-corrected chi connectivity index (χ3v) is 7.33. The Balaban J connectivity index is 0.00000256. The van der Waals surface area contributed by atoms with E-state index in [0.717, 1.165) is 37.3 Å². The van der Waals surface area contributed by atoms with Gasteiger partial charge in [-0.2, -0.15) is 0 Å². The Morgan fingerprint density at radius 2 is 1.63 bits per heavy atom. The Bertz CT molecular complexity index is 1110. The summed E-state index contributed by atoms with van der Waals surface area (Å²) >= 11 is 0. The molecule has 0 N–H and O–H groups in total. The van der Waals surface area contributed by atoms with Crippen LogP contribution in [0, 0.1) is 5.92 Å². The van der Waals surface area contributed by atoms with Crippen LogP contribution in [-0.2, 0) is 21.7 Å². The van der Waals surface area contributed by atoms with Crippen molar-refractivity contribution in [1.29, 1.82) is 0 Å². The first kappa shape index (κ1) is 22.3. The third-order valence-electron chi connectivity index (χ3n) is 6.22. The topological polar surface area (TPSA) is 79.7 Å². The molecule has 4 rings (SSSR count). The number of nitrogens with zero attached hydrogens (tertiary/aromatic N) is 3. The highest BCUT2D eigenvalue weighted by Crippen LogP contribution is 2.33. The largest absolute Gasteiger partial charge is 0.366 e. The molecule has 7 nitrogen and oxygen atoms in total. The van der Waals surface area contributed by atoms with E-state index in [9.17, 15) is 18.0 Å². The van der Waals surface area contributed by atoms with Gasteiger partial charge in [-0.3, -0.25) is 9.59 Å². The standard InChI is InChI=1S/C21H27N3O4S.CH4/c1-22-17-10-6-5-9-16(17)18(19(21(22)26)29(2,27)28)23-11-13-24(14-12-23)20(25)15-7-3-4-8-15;/h5-6,9-10,15H,3-4,7-8,11-14H2,1-2H3;1H4. The number of carbonyl (C=O) groups is 1. The number of benzene rings is 1. The molecule has 0 radical (unpaired) electrons. The monoisotopic (exact) mass is 433 g/mol. The van der Waals surface area contributed by atoms with Crippen LogP contribution in [0.2, 0.25) is 0 Å². The number of aryl methyl sites for hydroxylation is 1. The Morgan fingerprint density at radius 1 is 1.03 bits per heavy atom. The first-order valence-corrected chi connectivity index (χ1v) is 12.0. The Hall–Kier alpha value is -2.35. The van der Waals surface area contributed by atoms with Gasteiger partial charge in [0.05, 0.1) is 11.2 Å². The van der Waals surface area contributed by atoms with Crippen molar-refractivity contribution in [2.24, 2.45) is 13.0 Å². The third kappa shape index (κ3) is 3.85. The van der Waals surface area contributed by atoms with Gasteiger partial charge in [-0.15, -0.1) is 0 Å². The molecule has 2 heterocycles. The highest BCUT2D eigenvalue weighted by atomic mass is 32.2. The zero-order valence-electron chi connectivity index (χ0n) is 16.9. The molecular weight excluding hydrogens is 402 g/mol. The number of anilines is 1. The summed E-state index contributed by atoms with van der Waals surface area (Å²) in [5.41, 5.74) is 0.661. The minimum Gasteiger partial charge on any atom is -0.366 e. The van der Waals surface area contributed by atoms with E-state index >= 15 is 0 Å². The molecule has 0 bridgehead atoms. The molecule has 30 heavy (non-hydrogen) atoms. The second-order valence-corrected chi connectivity index (χ2v) is 10.1. The summed E-state index contributed by atoms with van der Waals surface area (Å²) in [6.07, 6.45) is 5.26. The summed E-state index contributed by atoms with van der Waals surface area (Å²) in [6, 6.07) is 7.37. The van der Waals surface area contributed by atoms with Gasteiger partial charge < -0.3 is 14.4 Å². The maximum Gasteiger partial charge on any atom is 0.271 e. The van der Waals surface area contributed by atoms with Gasteiger partial charge in [-0.25, -0.2) is 8.42 Å². The molecular formula is C22H31N3O4S. The molecule has 1 saturated heterocycles. The SMILES string of the molecule is C.Cn1c(=O)c(S(C)(=O)=O)c(N2CCN(C(=O)C3CCCC3)CC2)c2ccccc21. The van der Waals surface area contributed by atoms with E-state index in [-0.39, 0.29) is 24.1 Å². The molecule has 0 spiro atoms. The maximum absolute atomic E-state index is 12.9. The number of aromatic nitrogens is 1. The average molecular weight is 434 g/mol. The lowest BCUT2D eigenvalue weighted by Gasteiger charge is -2.38. The van der Waals surface area contributed by atoms with E-state index in [0.29, 0.717) is 37.4 Å². The van der Waals surface area contributed by atoms with Crippen molar-refractivity contribution in [3.8, 4) is 0 Å². The number of carbonyl (C=O) groups excluding carboxylic acids is 1. The van der Waals surface area contributed by atoms with Crippen molar-refractivity contribution in [2.45, 2.75) is 38.0 Å². The van der Waals surface area contributed by atoms with Crippen molar-refractivity contribution in [3.63, 3.8) is 0 Å². The summed E-state index contributed by atoms with van der Waals surface area (Å²) in [4.78, 5) is 29.4. The molecule has 0 unspecified atom stereocenters. The van der Waals surface area contributed by atoms with Crippen LogP contribution in [0.15, 0.2) is 34.0 Å². The predicted molar refractivity (Wildman–Crippen MR) is 120 cm³/mol. The fraction of sp³-hybridized carbons (Fsp3) is 0.545. The lowest BCUT2D eigenvalue weighted by Crippen LogP contribution is -2.51. The number of para-hydroxylation sites is 1. The van der Waals surface area contributed by atoms with Crippen molar-refractivity contribution < 1.29 is 13.2 Å². The highest BCUT2D eigenvalue weighted by molar-refractivity contribution is 7.90. The zero-order chi connectivity index (χ0) is 20.8. The minimum atomic E-state index is -3.73. The Kier molecular flexibility index (Phi) is 6.26. The molecule has 1 amide bonds. The fourth-order valence-corrected chi connectivity index (χ4v) is 5.73. The van der Waals surface area contributed by atoms with Gasteiger partial charge in [-0.05, 0) is 18.9 Å². The summed E-state index contributed by atoms with van der Waals surface area (Å²) < 4.78 is 26.5. The normalized spacial score (nSPS) is 17.9. The van der Waals surface area contributed by atoms with E-state index in [1.54, 1.807) is 7.05 Å². The fourth-order valence-electron chi connectivity index (χ4n) is 4.68.